The Labute approximate surface area is 706 Å². The van der Waals surface area contributed by atoms with Crippen LogP contribution in [-0.4, -0.2) is 189 Å². The third-order valence-corrected chi connectivity index (χ3v) is 23.3. The molecule has 12 aromatic rings. The number of amides is 3. The van der Waals surface area contributed by atoms with E-state index in [-0.39, 0.29) is 63.9 Å². The topological polar surface area (TPSA) is 269 Å². The van der Waals surface area contributed by atoms with E-state index >= 15 is 4.39 Å². The molecule has 0 radical (unpaired) electrons. The molecule has 3 amide bonds. The predicted molar refractivity (Wildman–Crippen MR) is 477 cm³/mol. The number of nitrogen functional groups attached to an aromatic ring is 3. The van der Waals surface area contributed by atoms with E-state index in [1.165, 1.54) is 57.5 Å². The largest absolute Gasteiger partial charge is 0.457 e. The monoisotopic (exact) mass is 1640 g/mol. The lowest BCUT2D eigenvalue weighted by atomic mass is 10.0. The molecule has 6 aromatic heterocycles. The first kappa shape index (κ1) is 85.6. The van der Waals surface area contributed by atoms with Crippen LogP contribution in [0.4, 0.5) is 21.8 Å². The zero-order valence-corrected chi connectivity index (χ0v) is 66.9. The highest BCUT2D eigenvalue weighted by Crippen LogP contribution is 2.46. The molecule has 0 spiro atoms. The van der Waals surface area contributed by atoms with Gasteiger partial charge in [0.05, 0.1) is 34.3 Å². The van der Waals surface area contributed by atoms with E-state index in [0.29, 0.717) is 120 Å². The van der Waals surface area contributed by atoms with Gasteiger partial charge in [-0.25, -0.2) is 29.9 Å². The van der Waals surface area contributed by atoms with Crippen molar-refractivity contribution < 1.29 is 33.0 Å². The zero-order chi connectivity index (χ0) is 80.8. The molecule has 3 saturated heterocycles. The van der Waals surface area contributed by atoms with Crippen LogP contribution in [0.5, 0.6) is 34.5 Å². The van der Waals surface area contributed by atoms with Crippen LogP contribution < -0.4 is 31.4 Å². The summed E-state index contributed by atoms with van der Waals surface area (Å²) in [5.41, 5.74) is 26.7. The quantitative estimate of drug-likeness (QED) is 0.0474. The Morgan fingerprint density at radius 2 is 0.700 bits per heavy atom. The van der Waals surface area contributed by atoms with Crippen molar-refractivity contribution in [3.05, 3.63) is 236 Å². The minimum absolute atomic E-state index is 0. The Hall–Kier alpha value is -12.3. The van der Waals surface area contributed by atoms with Crippen molar-refractivity contribution in [1.29, 1.82) is 0 Å². The van der Waals surface area contributed by atoms with E-state index in [1.54, 1.807) is 52.0 Å². The fourth-order valence-electron chi connectivity index (χ4n) is 16.2. The second-order valence-electron chi connectivity index (χ2n) is 31.0. The van der Waals surface area contributed by atoms with Crippen LogP contribution in [-0.2, 0) is 14.4 Å². The Bertz CT molecular complexity index is 5090. The highest BCUT2D eigenvalue weighted by Gasteiger charge is 2.37. The van der Waals surface area contributed by atoms with Crippen LogP contribution in [0.25, 0.3) is 66.5 Å². The van der Waals surface area contributed by atoms with Crippen LogP contribution in [0.15, 0.2) is 219 Å². The van der Waals surface area contributed by atoms with Gasteiger partial charge in [-0.3, -0.25) is 33.7 Å². The number of likely N-dealkylation sites (N-methyl/N-ethyl adjacent to an activating group) is 3. The van der Waals surface area contributed by atoms with Crippen molar-refractivity contribution in [1.82, 2.24) is 73.0 Å². The summed E-state index contributed by atoms with van der Waals surface area (Å²) in [7, 11) is 6.30. The van der Waals surface area contributed by atoms with E-state index in [1.807, 2.05) is 172 Å². The van der Waals surface area contributed by atoms with E-state index in [4.69, 9.17) is 43.0 Å². The maximum absolute atomic E-state index is 16.2. The van der Waals surface area contributed by atoms with E-state index < -0.39 is 5.95 Å². The Morgan fingerprint density at radius 1 is 0.408 bits per heavy atom. The van der Waals surface area contributed by atoms with Gasteiger partial charge in [0.15, 0.2) is 0 Å². The summed E-state index contributed by atoms with van der Waals surface area (Å²) in [5.74, 6) is 5.04. The van der Waals surface area contributed by atoms with Gasteiger partial charge in [0.2, 0.25) is 23.7 Å². The molecule has 6 aromatic carbocycles. The molecular weight excluding hydrogens is 1530 g/mol. The van der Waals surface area contributed by atoms with Gasteiger partial charge >= 0.3 is 0 Å². The predicted octanol–water partition coefficient (Wildman–Crippen LogP) is 17.7. The summed E-state index contributed by atoms with van der Waals surface area (Å²) in [6.45, 7) is 7.96. The molecule has 3 saturated carbocycles. The highest BCUT2D eigenvalue weighted by molar-refractivity contribution is 6.35. The number of benzene rings is 6. The second-order valence-corrected chi connectivity index (χ2v) is 31.4. The molecular formula is C94H108ClFN18O6. The van der Waals surface area contributed by atoms with Crippen molar-refractivity contribution in [2.24, 2.45) is 0 Å². The molecule has 6 fully saturated rings. The summed E-state index contributed by atoms with van der Waals surface area (Å²) in [5, 5.41) is 2.57. The molecule has 26 heteroatoms. The molecule has 3 aliphatic carbocycles. The Balaban J connectivity index is 0.000000154. The first-order chi connectivity index (χ1) is 57.0. The fraction of sp³-hybridized carbons (Fsp3) is 0.330. The van der Waals surface area contributed by atoms with E-state index in [2.05, 4.69) is 77.2 Å². The summed E-state index contributed by atoms with van der Waals surface area (Å²) >= 11 is 7.07. The molecule has 24 nitrogen and oxygen atoms in total. The van der Waals surface area contributed by atoms with Gasteiger partial charge in [-0.2, -0.15) is 4.39 Å². The summed E-state index contributed by atoms with van der Waals surface area (Å²) < 4.78 is 39.9. The summed E-state index contributed by atoms with van der Waals surface area (Å²) in [6, 6.07) is 53.6. The number of para-hydroxylation sites is 3. The number of nitrogens with two attached hydrogens (primary N) is 3. The fourth-order valence-corrected chi connectivity index (χ4v) is 16.6. The molecule has 3 aliphatic heterocycles. The minimum Gasteiger partial charge on any atom is -0.457 e. The first-order valence-electron chi connectivity index (χ1n) is 40.2. The SMILES string of the molecule is C.C.C.CN(C/C=C/C(=O)N1CC[C@@H](n2c(Cl)c(-c3ccc(Oc4ccccc4)cc3)c3c(N)ncnc32)C1)C1CC1.CN(C/C=C/C(=O)N1CC[C@@H](n2c(F)c(-c3ccc(Oc4ccccc4)cc3)c3c(N)ncnc32)C1)C1CC1.Cc1c(-c2ccc(Oc3ccccc3)cc2)c2c(N)ncnc2n1[C@@H]1CCN(C(=O)/C=C/CN(C)C2CC2)C1. The summed E-state index contributed by atoms with van der Waals surface area (Å²) in [6.07, 6.45) is 25.0. The van der Waals surface area contributed by atoms with Gasteiger partial charge in [0, 0.05) is 118 Å². The molecule has 624 valence electrons. The number of fused-ring (bicyclic) bond motifs is 3. The Kier molecular flexibility index (Phi) is 27.2. The number of halogens is 2. The number of likely N-dealkylation sites (tertiary alicyclic amines) is 3. The minimum atomic E-state index is -0.435. The van der Waals surface area contributed by atoms with Crippen molar-refractivity contribution in [2.75, 3.05) is 97.2 Å². The molecule has 6 N–H and O–H groups in total. The first-order valence-corrected chi connectivity index (χ1v) is 40.5. The molecule has 18 rings (SSSR count). The van der Waals surface area contributed by atoms with Crippen molar-refractivity contribution in [2.45, 2.75) is 123 Å². The van der Waals surface area contributed by atoms with Crippen molar-refractivity contribution >= 4 is 79.9 Å². The molecule has 6 aliphatic rings. The average Bonchev–Trinajstić information content (AvgIpc) is 1.60. The molecule has 0 bridgehead atoms. The molecule has 3 atom stereocenters. The van der Waals surface area contributed by atoms with Crippen LogP contribution in [0.2, 0.25) is 5.15 Å². The lowest BCUT2D eigenvalue weighted by Gasteiger charge is -2.18. The van der Waals surface area contributed by atoms with Gasteiger partial charge < -0.3 is 55.2 Å². The number of carbonyl (C=O) groups excluding carboxylic acids is 3. The van der Waals surface area contributed by atoms with Gasteiger partial charge in [-0.05, 0) is 175 Å². The maximum atomic E-state index is 16.2. The standard InChI is InChI=1S/C31H34N6O2.C30H31ClN6O2.C30H31FN6O2.3CH4/c1-21-28(22-10-14-26(15-11-22)39-25-7-4-3-5-8-25)29-30(32)33-20-34-31(29)37(21)24-16-18-36(19-24)27(38)9-6-17-35(2)23-12-13-23;2*1-35(21-11-12-21)16-5-8-25(38)36-17-15-22(18-36)37-28(31)26(27-29(32)33-19-34-30(27)37)20-9-13-24(14-10-20)39-23-6-3-2-4-7-23;;;/h3-11,14-15,20,23-24H,12-13,16-19H2,1-2H3,(H2,32,33,34);2*2-10,13-14,19,21-22H,11-12,15-18H2,1H3,(H2,32,33,34);3*1H4/b9-6+;2*8-5+;;;/t24-;2*22-;;;/m111.../s1. The highest BCUT2D eigenvalue weighted by atomic mass is 35.5. The lowest BCUT2D eigenvalue weighted by Crippen LogP contribution is -2.28. The number of nitrogens with zero attached hydrogens (tertiary/aromatic N) is 15. The zero-order valence-electron chi connectivity index (χ0n) is 66.1. The van der Waals surface area contributed by atoms with Crippen molar-refractivity contribution in [3.63, 3.8) is 0 Å². The van der Waals surface area contributed by atoms with E-state index in [0.717, 1.165) is 100 Å². The molecule has 9 heterocycles. The number of hydrogen-bond donors (Lipinski definition) is 3. The third-order valence-electron chi connectivity index (χ3n) is 22.9. The van der Waals surface area contributed by atoms with Crippen molar-refractivity contribution in [3.8, 4) is 67.9 Å². The number of carbonyl (C=O) groups is 3. The third kappa shape index (κ3) is 19.2. The van der Waals surface area contributed by atoms with Gasteiger partial charge in [-0.15, -0.1) is 0 Å². The lowest BCUT2D eigenvalue weighted by molar-refractivity contribution is -0.125. The number of hydrogen-bond acceptors (Lipinski definition) is 18. The molecule has 120 heavy (non-hydrogen) atoms. The van der Waals surface area contributed by atoms with Crippen LogP contribution in [0.1, 0.15) is 104 Å². The van der Waals surface area contributed by atoms with E-state index in [9.17, 15) is 14.4 Å². The normalized spacial score (nSPS) is 17.1. The number of anilines is 3. The van der Waals surface area contributed by atoms with Gasteiger partial charge in [0.1, 0.15) is 93.0 Å². The molecule has 0 unspecified atom stereocenters. The smallest absolute Gasteiger partial charge is 0.246 e. The van der Waals surface area contributed by atoms with Gasteiger partial charge in [0.25, 0.3) is 0 Å². The average molecular weight is 1640 g/mol. The Morgan fingerprint density at radius 3 is 1.06 bits per heavy atom. The van der Waals surface area contributed by atoms with Gasteiger partial charge in [-0.1, -0.05) is 143 Å². The number of aromatic nitrogens is 9. The number of rotatable bonds is 24. The van der Waals surface area contributed by atoms with Crippen LogP contribution >= 0.6 is 11.6 Å². The second kappa shape index (κ2) is 38.2. The number of ether oxygens (including phenoxy) is 3. The summed E-state index contributed by atoms with van der Waals surface area (Å²) in [4.78, 5) is 77.4. The van der Waals surface area contributed by atoms with Crippen LogP contribution in [0.3, 0.4) is 0 Å². The maximum Gasteiger partial charge on any atom is 0.246 e. The van der Waals surface area contributed by atoms with Crippen LogP contribution in [0, 0.1) is 12.9 Å².